The van der Waals surface area contributed by atoms with E-state index in [0.717, 1.165) is 18.4 Å². The summed E-state index contributed by atoms with van der Waals surface area (Å²) in [7, 11) is 0. The number of hydrogen-bond donors (Lipinski definition) is 1. The Morgan fingerprint density at radius 1 is 1.33 bits per heavy atom. The van der Waals surface area contributed by atoms with Gasteiger partial charge in [-0.05, 0) is 54.7 Å². The lowest BCUT2D eigenvalue weighted by molar-refractivity contribution is -0.142. The van der Waals surface area contributed by atoms with Gasteiger partial charge in [0.05, 0.1) is 5.92 Å². The fourth-order valence-electron chi connectivity index (χ4n) is 3.86. The maximum absolute atomic E-state index is 13.2. The normalized spacial score (nSPS) is 24.8. The molecular weight excluding hydrogens is 309 g/mol. The molecule has 3 rings (SSSR count). The van der Waals surface area contributed by atoms with Gasteiger partial charge in [-0.25, -0.2) is 4.39 Å². The number of carboxylic acid groups (broad SMARTS) is 1. The summed E-state index contributed by atoms with van der Waals surface area (Å²) in [5, 5.41) is 9.39. The molecule has 1 N–H and O–H groups in total. The van der Waals surface area contributed by atoms with E-state index in [1.165, 1.54) is 12.1 Å². The van der Waals surface area contributed by atoms with Crippen LogP contribution in [-0.2, 0) is 16.0 Å². The standard InChI is InChI=1S/C19H24FNO3/c1-12(7-13-3-2-4-15(20)9-13)8-18(22)21-10-16(14-5-6-14)17(11-21)19(23)24/h2-4,9,12,14,16-17H,5-8,10-11H2,1H3,(H,23,24)/t12?,16-,17+/m1/s1. The van der Waals surface area contributed by atoms with Gasteiger partial charge in [0.15, 0.2) is 0 Å². The molecular formula is C19H24FNO3. The minimum absolute atomic E-state index is 0.0216. The average Bonchev–Trinajstić information content (AvgIpc) is 3.25. The quantitative estimate of drug-likeness (QED) is 0.871. The average molecular weight is 333 g/mol. The summed E-state index contributed by atoms with van der Waals surface area (Å²) in [4.78, 5) is 25.7. The molecule has 1 saturated heterocycles. The molecule has 1 aromatic rings. The van der Waals surface area contributed by atoms with Crippen molar-refractivity contribution in [3.05, 3.63) is 35.6 Å². The predicted molar refractivity (Wildman–Crippen MR) is 87.8 cm³/mol. The lowest BCUT2D eigenvalue weighted by Gasteiger charge is -2.19. The number of aliphatic carboxylic acids is 1. The summed E-state index contributed by atoms with van der Waals surface area (Å²) in [6.45, 7) is 2.89. The van der Waals surface area contributed by atoms with Gasteiger partial charge in [0, 0.05) is 19.5 Å². The van der Waals surface area contributed by atoms with Crippen LogP contribution in [-0.4, -0.2) is 35.0 Å². The molecule has 0 aromatic heterocycles. The van der Waals surface area contributed by atoms with Crippen LogP contribution in [0.1, 0.15) is 31.7 Å². The van der Waals surface area contributed by atoms with Crippen LogP contribution in [0.2, 0.25) is 0 Å². The van der Waals surface area contributed by atoms with Crippen LogP contribution < -0.4 is 0 Å². The topological polar surface area (TPSA) is 57.6 Å². The minimum Gasteiger partial charge on any atom is -0.481 e. The molecule has 1 aliphatic carbocycles. The van der Waals surface area contributed by atoms with Crippen LogP contribution in [0.15, 0.2) is 24.3 Å². The molecule has 4 nitrogen and oxygen atoms in total. The van der Waals surface area contributed by atoms with E-state index in [1.54, 1.807) is 11.0 Å². The van der Waals surface area contributed by atoms with Crippen LogP contribution in [0, 0.1) is 29.5 Å². The molecule has 1 unspecified atom stereocenters. The molecule has 24 heavy (non-hydrogen) atoms. The first-order valence-electron chi connectivity index (χ1n) is 8.69. The second kappa shape index (κ2) is 6.91. The van der Waals surface area contributed by atoms with Gasteiger partial charge in [0.2, 0.25) is 5.91 Å². The molecule has 1 saturated carbocycles. The molecule has 1 aromatic carbocycles. The number of benzene rings is 1. The fraction of sp³-hybridized carbons (Fsp3) is 0.579. The summed E-state index contributed by atoms with van der Waals surface area (Å²) in [5.74, 6) is -0.744. The summed E-state index contributed by atoms with van der Waals surface area (Å²) in [5.41, 5.74) is 0.885. The van der Waals surface area contributed by atoms with Crippen LogP contribution in [0.4, 0.5) is 4.39 Å². The first kappa shape index (κ1) is 16.9. The van der Waals surface area contributed by atoms with Crippen molar-refractivity contribution in [1.29, 1.82) is 0 Å². The molecule has 2 aliphatic rings. The second-order valence-electron chi connectivity index (χ2n) is 7.39. The molecule has 0 radical (unpaired) electrons. The largest absolute Gasteiger partial charge is 0.481 e. The lowest BCUT2D eigenvalue weighted by Crippen LogP contribution is -2.31. The Morgan fingerprint density at radius 2 is 2.08 bits per heavy atom. The van der Waals surface area contributed by atoms with Gasteiger partial charge in [0.1, 0.15) is 5.82 Å². The summed E-state index contributed by atoms with van der Waals surface area (Å²) >= 11 is 0. The van der Waals surface area contributed by atoms with Crippen LogP contribution in [0.5, 0.6) is 0 Å². The van der Waals surface area contributed by atoms with E-state index in [1.807, 2.05) is 13.0 Å². The second-order valence-corrected chi connectivity index (χ2v) is 7.39. The number of rotatable bonds is 6. The summed E-state index contributed by atoms with van der Waals surface area (Å²) < 4.78 is 13.2. The van der Waals surface area contributed by atoms with E-state index in [9.17, 15) is 19.1 Å². The van der Waals surface area contributed by atoms with E-state index >= 15 is 0 Å². The third-order valence-electron chi connectivity index (χ3n) is 5.26. The molecule has 0 bridgehead atoms. The maximum Gasteiger partial charge on any atom is 0.308 e. The van der Waals surface area contributed by atoms with Crippen molar-refractivity contribution in [3.63, 3.8) is 0 Å². The van der Waals surface area contributed by atoms with Gasteiger partial charge < -0.3 is 10.0 Å². The highest BCUT2D eigenvalue weighted by molar-refractivity contribution is 5.79. The first-order valence-corrected chi connectivity index (χ1v) is 8.69. The van der Waals surface area contributed by atoms with Crippen molar-refractivity contribution in [2.24, 2.45) is 23.7 Å². The zero-order valence-electron chi connectivity index (χ0n) is 14.0. The highest BCUT2D eigenvalue weighted by atomic mass is 19.1. The molecule has 0 spiro atoms. The van der Waals surface area contributed by atoms with Crippen molar-refractivity contribution in [1.82, 2.24) is 4.90 Å². The number of carbonyl (C=O) groups is 2. The Hall–Kier alpha value is -1.91. The van der Waals surface area contributed by atoms with Gasteiger partial charge in [-0.3, -0.25) is 9.59 Å². The third kappa shape index (κ3) is 3.94. The number of hydrogen-bond acceptors (Lipinski definition) is 2. The fourth-order valence-corrected chi connectivity index (χ4v) is 3.86. The smallest absolute Gasteiger partial charge is 0.308 e. The lowest BCUT2D eigenvalue weighted by atomic mass is 9.92. The van der Waals surface area contributed by atoms with Crippen molar-refractivity contribution < 1.29 is 19.1 Å². The molecule has 1 heterocycles. The number of carboxylic acids is 1. The maximum atomic E-state index is 13.2. The Kier molecular flexibility index (Phi) is 4.88. The number of nitrogens with zero attached hydrogens (tertiary/aromatic N) is 1. The Labute approximate surface area is 141 Å². The van der Waals surface area contributed by atoms with Crippen LogP contribution >= 0.6 is 0 Å². The van der Waals surface area contributed by atoms with E-state index < -0.39 is 11.9 Å². The van der Waals surface area contributed by atoms with E-state index in [4.69, 9.17) is 0 Å². The summed E-state index contributed by atoms with van der Waals surface area (Å²) in [6.07, 6.45) is 3.20. The molecule has 130 valence electrons. The van der Waals surface area contributed by atoms with Gasteiger partial charge in [0.25, 0.3) is 0 Å². The number of halogens is 1. The number of likely N-dealkylation sites (tertiary alicyclic amines) is 1. The van der Waals surface area contributed by atoms with Crippen molar-refractivity contribution >= 4 is 11.9 Å². The van der Waals surface area contributed by atoms with E-state index in [0.29, 0.717) is 31.8 Å². The Balaban J connectivity index is 1.55. The molecule has 2 fully saturated rings. The highest BCUT2D eigenvalue weighted by Gasteiger charge is 2.46. The minimum atomic E-state index is -0.782. The molecule has 1 amide bonds. The zero-order chi connectivity index (χ0) is 17.3. The Bertz CT molecular complexity index is 629. The number of amides is 1. The predicted octanol–water partition coefficient (Wildman–Crippen LogP) is 2.96. The third-order valence-corrected chi connectivity index (χ3v) is 5.26. The molecule has 5 heteroatoms. The van der Waals surface area contributed by atoms with Crippen molar-refractivity contribution in [3.8, 4) is 0 Å². The van der Waals surface area contributed by atoms with Gasteiger partial charge in [-0.2, -0.15) is 0 Å². The monoisotopic (exact) mass is 333 g/mol. The SMILES string of the molecule is CC(CC(=O)N1C[C@H](C(=O)O)[C@@H](C2CC2)C1)Cc1cccc(F)c1. The van der Waals surface area contributed by atoms with Crippen molar-refractivity contribution in [2.75, 3.05) is 13.1 Å². The summed E-state index contributed by atoms with van der Waals surface area (Å²) in [6, 6.07) is 6.45. The van der Waals surface area contributed by atoms with Gasteiger partial charge in [-0.15, -0.1) is 0 Å². The Morgan fingerprint density at radius 3 is 2.71 bits per heavy atom. The molecule has 1 aliphatic heterocycles. The molecule has 3 atom stereocenters. The van der Waals surface area contributed by atoms with Crippen molar-refractivity contribution in [2.45, 2.75) is 32.6 Å². The zero-order valence-corrected chi connectivity index (χ0v) is 14.0. The highest BCUT2D eigenvalue weighted by Crippen LogP contribution is 2.44. The van der Waals surface area contributed by atoms with Gasteiger partial charge >= 0.3 is 5.97 Å². The van der Waals surface area contributed by atoms with E-state index in [-0.39, 0.29) is 23.6 Å². The first-order chi connectivity index (χ1) is 11.4. The van der Waals surface area contributed by atoms with E-state index in [2.05, 4.69) is 0 Å². The van der Waals surface area contributed by atoms with Crippen LogP contribution in [0.25, 0.3) is 0 Å². The van der Waals surface area contributed by atoms with Gasteiger partial charge in [-0.1, -0.05) is 19.1 Å². The van der Waals surface area contributed by atoms with Crippen LogP contribution in [0.3, 0.4) is 0 Å². The number of carbonyl (C=O) groups excluding carboxylic acids is 1.